The molecule has 106 valence electrons. The van der Waals surface area contributed by atoms with E-state index in [1.165, 1.54) is 25.7 Å². The lowest BCUT2D eigenvalue weighted by Gasteiger charge is -2.36. The van der Waals surface area contributed by atoms with Crippen molar-refractivity contribution in [1.29, 1.82) is 0 Å². The van der Waals surface area contributed by atoms with Gasteiger partial charge in [0.05, 0.1) is 0 Å². The predicted molar refractivity (Wildman–Crippen MR) is 73.8 cm³/mol. The molecule has 0 aliphatic heterocycles. The number of hydrogen-bond acceptors (Lipinski definition) is 3. The normalized spacial score (nSPS) is 20.2. The molecule has 0 spiro atoms. The summed E-state index contributed by atoms with van der Waals surface area (Å²) in [5.74, 6) is -0.743. The maximum atomic E-state index is 11.5. The average Bonchev–Trinajstić information content (AvgIpc) is 2.87. The van der Waals surface area contributed by atoms with E-state index in [0.29, 0.717) is 12.6 Å². The zero-order valence-electron chi connectivity index (χ0n) is 12.0. The first-order valence-corrected chi connectivity index (χ1v) is 7.26. The minimum Gasteiger partial charge on any atom is -0.480 e. The fourth-order valence-electron chi connectivity index (χ4n) is 2.77. The molecule has 18 heavy (non-hydrogen) atoms. The van der Waals surface area contributed by atoms with Gasteiger partial charge >= 0.3 is 5.97 Å². The Kier molecular flexibility index (Phi) is 6.09. The Hall–Kier alpha value is -0.610. The van der Waals surface area contributed by atoms with Crippen LogP contribution in [0.25, 0.3) is 0 Å². The average molecular weight is 256 g/mol. The lowest BCUT2D eigenvalue weighted by atomic mass is 10.00. The SMILES string of the molecule is CCCNC(C)(CN(CC)C1CCCC1)C(=O)O. The van der Waals surface area contributed by atoms with Crippen LogP contribution in [0.15, 0.2) is 0 Å². The summed E-state index contributed by atoms with van der Waals surface area (Å²) >= 11 is 0. The number of rotatable bonds is 8. The van der Waals surface area contributed by atoms with Gasteiger partial charge in [0.15, 0.2) is 0 Å². The first-order chi connectivity index (χ1) is 8.53. The highest BCUT2D eigenvalue weighted by atomic mass is 16.4. The number of nitrogens with zero attached hydrogens (tertiary/aromatic N) is 1. The Morgan fingerprint density at radius 3 is 2.44 bits per heavy atom. The molecule has 1 aliphatic rings. The van der Waals surface area contributed by atoms with Crippen molar-refractivity contribution in [2.45, 2.75) is 64.5 Å². The van der Waals surface area contributed by atoms with Crippen molar-refractivity contribution >= 4 is 5.97 Å². The molecular formula is C14H28N2O2. The standard InChI is InChI=1S/C14H28N2O2/c1-4-10-15-14(3,13(17)18)11-16(5-2)12-8-6-7-9-12/h12,15H,4-11H2,1-3H3,(H,17,18). The van der Waals surface area contributed by atoms with Crippen molar-refractivity contribution in [2.24, 2.45) is 0 Å². The number of hydrogen-bond donors (Lipinski definition) is 2. The van der Waals surface area contributed by atoms with Crippen LogP contribution in [0.5, 0.6) is 0 Å². The Labute approximate surface area is 111 Å². The molecule has 1 unspecified atom stereocenters. The molecule has 4 heteroatoms. The van der Waals surface area contributed by atoms with Crippen LogP contribution in [0.2, 0.25) is 0 Å². The van der Waals surface area contributed by atoms with Crippen molar-refractivity contribution in [2.75, 3.05) is 19.6 Å². The van der Waals surface area contributed by atoms with E-state index in [9.17, 15) is 9.90 Å². The Morgan fingerprint density at radius 1 is 1.39 bits per heavy atom. The van der Waals surface area contributed by atoms with Crippen LogP contribution in [0.1, 0.15) is 52.9 Å². The number of carboxylic acid groups (broad SMARTS) is 1. The van der Waals surface area contributed by atoms with Crippen LogP contribution in [0.4, 0.5) is 0 Å². The smallest absolute Gasteiger partial charge is 0.324 e. The Bertz CT molecular complexity index is 265. The second-order valence-electron chi connectivity index (χ2n) is 5.57. The van der Waals surface area contributed by atoms with Gasteiger partial charge in [0.2, 0.25) is 0 Å². The molecule has 1 aliphatic carbocycles. The quantitative estimate of drug-likeness (QED) is 0.698. The largest absolute Gasteiger partial charge is 0.480 e. The molecule has 0 bridgehead atoms. The van der Waals surface area contributed by atoms with Gasteiger partial charge in [-0.2, -0.15) is 0 Å². The van der Waals surface area contributed by atoms with Gasteiger partial charge in [0.25, 0.3) is 0 Å². The third-order valence-electron chi connectivity index (χ3n) is 4.00. The Morgan fingerprint density at radius 2 is 2.00 bits per heavy atom. The minimum absolute atomic E-state index is 0.581. The summed E-state index contributed by atoms with van der Waals surface area (Å²) in [7, 11) is 0. The zero-order valence-corrected chi connectivity index (χ0v) is 12.0. The van der Waals surface area contributed by atoms with E-state index in [0.717, 1.165) is 19.5 Å². The maximum Gasteiger partial charge on any atom is 0.324 e. The van der Waals surface area contributed by atoms with Crippen LogP contribution in [0.3, 0.4) is 0 Å². The molecule has 1 atom stereocenters. The second kappa shape index (κ2) is 7.10. The molecule has 0 aromatic carbocycles. The fraction of sp³-hybridized carbons (Fsp3) is 0.929. The number of aliphatic carboxylic acids is 1. The summed E-state index contributed by atoms with van der Waals surface area (Å²) in [6.45, 7) is 8.28. The van der Waals surface area contributed by atoms with Gasteiger partial charge in [-0.1, -0.05) is 26.7 Å². The molecule has 0 amide bonds. The van der Waals surface area contributed by atoms with Gasteiger partial charge in [-0.05, 0) is 39.3 Å². The van der Waals surface area contributed by atoms with Gasteiger partial charge < -0.3 is 10.4 Å². The second-order valence-corrected chi connectivity index (χ2v) is 5.57. The van der Waals surface area contributed by atoms with E-state index < -0.39 is 11.5 Å². The number of carboxylic acids is 1. The molecule has 2 N–H and O–H groups in total. The molecule has 4 nitrogen and oxygen atoms in total. The highest BCUT2D eigenvalue weighted by Crippen LogP contribution is 2.24. The zero-order chi connectivity index (χ0) is 13.6. The molecule has 0 radical (unpaired) electrons. The van der Waals surface area contributed by atoms with Crippen molar-refractivity contribution in [3.63, 3.8) is 0 Å². The van der Waals surface area contributed by atoms with Gasteiger partial charge in [-0.15, -0.1) is 0 Å². The lowest BCUT2D eigenvalue weighted by molar-refractivity contribution is -0.145. The van der Waals surface area contributed by atoms with Crippen molar-refractivity contribution in [1.82, 2.24) is 10.2 Å². The van der Waals surface area contributed by atoms with E-state index in [1.54, 1.807) is 0 Å². The molecular weight excluding hydrogens is 228 g/mol. The number of carbonyl (C=O) groups is 1. The predicted octanol–water partition coefficient (Wildman–Crippen LogP) is 2.09. The number of nitrogens with one attached hydrogen (secondary N) is 1. The summed E-state index contributed by atoms with van der Waals surface area (Å²) in [5.41, 5.74) is -0.825. The van der Waals surface area contributed by atoms with E-state index in [4.69, 9.17) is 0 Å². The molecule has 0 aromatic heterocycles. The molecule has 1 rings (SSSR count). The number of likely N-dealkylation sites (N-methyl/N-ethyl adjacent to an activating group) is 1. The van der Waals surface area contributed by atoms with Gasteiger partial charge in [0, 0.05) is 12.6 Å². The van der Waals surface area contributed by atoms with Crippen molar-refractivity contribution in [3.8, 4) is 0 Å². The summed E-state index contributed by atoms with van der Waals surface area (Å²) in [4.78, 5) is 13.8. The van der Waals surface area contributed by atoms with Gasteiger partial charge in [0.1, 0.15) is 5.54 Å². The molecule has 0 aromatic rings. The third kappa shape index (κ3) is 3.95. The van der Waals surface area contributed by atoms with Crippen LogP contribution in [-0.4, -0.2) is 47.2 Å². The van der Waals surface area contributed by atoms with Gasteiger partial charge in [-0.3, -0.25) is 9.69 Å². The van der Waals surface area contributed by atoms with E-state index >= 15 is 0 Å². The fourth-order valence-corrected chi connectivity index (χ4v) is 2.77. The van der Waals surface area contributed by atoms with E-state index in [2.05, 4.69) is 24.1 Å². The Balaban J connectivity index is 2.64. The van der Waals surface area contributed by atoms with Crippen molar-refractivity contribution in [3.05, 3.63) is 0 Å². The molecule has 0 saturated heterocycles. The first-order valence-electron chi connectivity index (χ1n) is 7.26. The summed E-state index contributed by atoms with van der Waals surface area (Å²) in [6.07, 6.45) is 5.97. The van der Waals surface area contributed by atoms with E-state index in [-0.39, 0.29) is 0 Å². The van der Waals surface area contributed by atoms with Gasteiger partial charge in [-0.25, -0.2) is 0 Å². The van der Waals surface area contributed by atoms with Crippen LogP contribution in [0, 0.1) is 0 Å². The van der Waals surface area contributed by atoms with Crippen molar-refractivity contribution < 1.29 is 9.90 Å². The summed E-state index contributed by atoms with van der Waals surface area (Å²) in [5, 5.41) is 12.6. The summed E-state index contributed by atoms with van der Waals surface area (Å²) < 4.78 is 0. The van der Waals surface area contributed by atoms with Crippen LogP contribution >= 0.6 is 0 Å². The van der Waals surface area contributed by atoms with E-state index in [1.807, 2.05) is 6.92 Å². The minimum atomic E-state index is -0.825. The third-order valence-corrected chi connectivity index (χ3v) is 4.00. The molecule has 0 heterocycles. The van der Waals surface area contributed by atoms with Crippen LogP contribution in [-0.2, 0) is 4.79 Å². The first kappa shape index (κ1) is 15.4. The highest BCUT2D eigenvalue weighted by Gasteiger charge is 2.36. The molecule has 1 saturated carbocycles. The van der Waals surface area contributed by atoms with Crippen LogP contribution < -0.4 is 5.32 Å². The lowest BCUT2D eigenvalue weighted by Crippen LogP contribution is -2.58. The highest BCUT2D eigenvalue weighted by molar-refractivity contribution is 5.78. The molecule has 1 fully saturated rings. The topological polar surface area (TPSA) is 52.6 Å². The monoisotopic (exact) mass is 256 g/mol. The summed E-state index contributed by atoms with van der Waals surface area (Å²) in [6, 6.07) is 0.581. The maximum absolute atomic E-state index is 11.5.